The number of hydrogen-bond donors (Lipinski definition) is 5. The standard InChI is InChI=1S/C45H74NO12P/c1-3-5-7-8-9-10-11-12-13-14-15-16-17-18-19-20-22-28-45(52)58-39(36-57-59(53,54)56-32-31-46)35-55-44(51)27-24-23-26-38(48)33-41-40(42(49)34-43(41)50)30-29-37(47)25-21-6-4-2/h5,7,9-10,12-13,15-16,18-19,29-30,37,39-43,47,49-50H,3-4,6,8,11,14,17,20-28,31-36,46H2,1-2H3,(H,53,54)/b7-5-,10-9-,13-12-,16-15-,19-18-,30-29+/t37-,39+,40+,41+,42+,43-/m0/s1. The van der Waals surface area contributed by atoms with Gasteiger partial charge in [0.25, 0.3) is 0 Å². The maximum absolute atomic E-state index is 12.8. The smallest absolute Gasteiger partial charge is 0.462 e. The molecule has 0 bridgehead atoms. The van der Waals surface area contributed by atoms with Crippen molar-refractivity contribution >= 4 is 25.5 Å². The molecule has 0 aromatic carbocycles. The van der Waals surface area contributed by atoms with E-state index in [-0.39, 0.29) is 51.0 Å². The first-order chi connectivity index (χ1) is 28.4. The number of unbranched alkanes of at least 4 members (excludes halogenated alkanes) is 4. The van der Waals surface area contributed by atoms with Gasteiger partial charge in [0.15, 0.2) is 6.10 Å². The van der Waals surface area contributed by atoms with Crippen LogP contribution < -0.4 is 5.73 Å². The van der Waals surface area contributed by atoms with Crippen molar-refractivity contribution in [1.82, 2.24) is 0 Å². The van der Waals surface area contributed by atoms with E-state index in [0.29, 0.717) is 32.1 Å². The van der Waals surface area contributed by atoms with Gasteiger partial charge >= 0.3 is 19.8 Å². The van der Waals surface area contributed by atoms with Crippen molar-refractivity contribution in [2.24, 2.45) is 17.6 Å². The number of Topliss-reactive ketones (excluding diaryl/α,β-unsaturated/α-hetero) is 1. The minimum absolute atomic E-state index is 0.0127. The molecule has 0 spiro atoms. The lowest BCUT2D eigenvalue weighted by Gasteiger charge is -2.20. The van der Waals surface area contributed by atoms with Gasteiger partial charge in [-0.05, 0) is 64.2 Å². The van der Waals surface area contributed by atoms with Crippen molar-refractivity contribution in [1.29, 1.82) is 0 Å². The summed E-state index contributed by atoms with van der Waals surface area (Å²) >= 11 is 0. The highest BCUT2D eigenvalue weighted by atomic mass is 31.2. The molecule has 14 heteroatoms. The highest BCUT2D eigenvalue weighted by Crippen LogP contribution is 2.43. The fourth-order valence-electron chi connectivity index (χ4n) is 6.31. The molecule has 0 amide bonds. The summed E-state index contributed by atoms with van der Waals surface area (Å²) in [4.78, 5) is 47.8. The lowest BCUT2D eigenvalue weighted by molar-refractivity contribution is -0.161. The van der Waals surface area contributed by atoms with Crippen LogP contribution in [0.5, 0.6) is 0 Å². The molecule has 6 N–H and O–H groups in total. The Morgan fingerprint density at radius 1 is 0.763 bits per heavy atom. The van der Waals surface area contributed by atoms with Gasteiger partial charge in [-0.3, -0.25) is 23.4 Å². The molecular weight excluding hydrogens is 777 g/mol. The van der Waals surface area contributed by atoms with E-state index >= 15 is 0 Å². The minimum atomic E-state index is -4.49. The minimum Gasteiger partial charge on any atom is -0.462 e. The van der Waals surface area contributed by atoms with E-state index in [2.05, 4.69) is 62.5 Å². The molecule has 0 aromatic rings. The highest BCUT2D eigenvalue weighted by molar-refractivity contribution is 7.47. The summed E-state index contributed by atoms with van der Waals surface area (Å²) in [6.07, 6.45) is 31.5. The first-order valence-electron chi connectivity index (χ1n) is 21.6. The van der Waals surface area contributed by atoms with E-state index < -0.39 is 69.2 Å². The van der Waals surface area contributed by atoms with Crippen LogP contribution in [0.4, 0.5) is 0 Å². The van der Waals surface area contributed by atoms with Crippen LogP contribution >= 0.6 is 7.82 Å². The summed E-state index contributed by atoms with van der Waals surface area (Å²) in [5.74, 6) is -2.20. The van der Waals surface area contributed by atoms with E-state index in [1.165, 1.54) is 0 Å². The number of ketones is 1. The van der Waals surface area contributed by atoms with E-state index in [0.717, 1.165) is 51.4 Å². The molecule has 1 aliphatic rings. The molecule has 1 unspecified atom stereocenters. The van der Waals surface area contributed by atoms with Crippen LogP contribution in [-0.2, 0) is 37.5 Å². The second-order valence-electron chi connectivity index (χ2n) is 14.8. The largest absolute Gasteiger partial charge is 0.472 e. The zero-order chi connectivity index (χ0) is 43.6. The Morgan fingerprint density at radius 3 is 2.00 bits per heavy atom. The Balaban J connectivity index is 2.48. The van der Waals surface area contributed by atoms with Gasteiger partial charge in [0, 0.05) is 50.5 Å². The summed E-state index contributed by atoms with van der Waals surface area (Å²) in [6.45, 7) is 2.99. The van der Waals surface area contributed by atoms with Crippen LogP contribution in [0.25, 0.3) is 0 Å². The number of hydrogen-bond acceptors (Lipinski definition) is 12. The number of aliphatic hydroxyl groups excluding tert-OH is 3. The van der Waals surface area contributed by atoms with Gasteiger partial charge < -0.3 is 35.4 Å². The Bertz CT molecular complexity index is 1380. The molecule has 1 aliphatic carbocycles. The van der Waals surface area contributed by atoms with E-state index in [9.17, 15) is 39.2 Å². The van der Waals surface area contributed by atoms with Crippen molar-refractivity contribution in [3.05, 3.63) is 72.9 Å². The summed E-state index contributed by atoms with van der Waals surface area (Å²) in [5.41, 5.74) is 5.33. The normalized spacial score (nSPS) is 20.8. The molecule has 13 nitrogen and oxygen atoms in total. The highest BCUT2D eigenvalue weighted by Gasteiger charge is 2.41. The van der Waals surface area contributed by atoms with Crippen LogP contribution in [0.1, 0.15) is 129 Å². The number of ether oxygens (including phenoxy) is 2. The average molecular weight is 852 g/mol. The fourth-order valence-corrected chi connectivity index (χ4v) is 7.08. The van der Waals surface area contributed by atoms with Crippen molar-refractivity contribution in [3.8, 4) is 0 Å². The number of phosphoric acid groups is 1. The fraction of sp³-hybridized carbons (Fsp3) is 0.667. The summed E-state index contributed by atoms with van der Waals surface area (Å²) in [6, 6.07) is 0. The topological polar surface area (TPSA) is 212 Å². The van der Waals surface area contributed by atoms with Crippen molar-refractivity contribution in [2.45, 2.75) is 154 Å². The molecule has 0 radical (unpaired) electrons. The van der Waals surface area contributed by atoms with Gasteiger partial charge in [-0.2, -0.15) is 0 Å². The van der Waals surface area contributed by atoms with Crippen LogP contribution in [0.3, 0.4) is 0 Å². The number of nitrogens with two attached hydrogens (primary N) is 1. The molecule has 0 aromatic heterocycles. The van der Waals surface area contributed by atoms with Crippen LogP contribution in [0, 0.1) is 11.8 Å². The summed E-state index contributed by atoms with van der Waals surface area (Å²) in [5, 5.41) is 31.3. The molecular formula is C45H74NO12P. The number of allylic oxidation sites excluding steroid dienone is 10. The molecule has 0 heterocycles. The second kappa shape index (κ2) is 34.7. The van der Waals surface area contributed by atoms with E-state index in [4.69, 9.17) is 24.3 Å². The number of carbonyl (C=O) groups excluding carboxylic acids is 3. The number of esters is 2. The quantitative estimate of drug-likeness (QED) is 0.0178. The Kier molecular flexibility index (Phi) is 31.8. The third kappa shape index (κ3) is 29.0. The monoisotopic (exact) mass is 851 g/mol. The molecule has 59 heavy (non-hydrogen) atoms. The maximum Gasteiger partial charge on any atom is 0.472 e. The van der Waals surface area contributed by atoms with Crippen molar-refractivity contribution < 1.29 is 57.7 Å². The third-order valence-corrected chi connectivity index (χ3v) is 10.5. The average Bonchev–Trinajstić information content (AvgIpc) is 3.47. The van der Waals surface area contributed by atoms with E-state index in [1.807, 2.05) is 12.2 Å². The molecule has 0 saturated heterocycles. The van der Waals surface area contributed by atoms with Gasteiger partial charge in [-0.25, -0.2) is 4.57 Å². The molecule has 1 rings (SSSR count). The van der Waals surface area contributed by atoms with Gasteiger partial charge in [0.05, 0.1) is 31.5 Å². The number of carbonyl (C=O) groups is 3. The predicted octanol–water partition coefficient (Wildman–Crippen LogP) is 7.83. The second-order valence-corrected chi connectivity index (χ2v) is 16.2. The third-order valence-electron chi connectivity index (χ3n) is 9.56. The van der Waals surface area contributed by atoms with Crippen LogP contribution in [0.2, 0.25) is 0 Å². The number of aliphatic hydroxyl groups is 3. The first kappa shape index (κ1) is 54.0. The van der Waals surface area contributed by atoms with Crippen molar-refractivity contribution in [2.75, 3.05) is 26.4 Å². The Labute approximate surface area is 353 Å². The summed E-state index contributed by atoms with van der Waals surface area (Å²) < 4.78 is 32.6. The first-order valence-corrected chi connectivity index (χ1v) is 23.1. The zero-order valence-corrected chi connectivity index (χ0v) is 36.4. The van der Waals surface area contributed by atoms with Gasteiger partial charge in [-0.15, -0.1) is 0 Å². The van der Waals surface area contributed by atoms with Crippen LogP contribution in [-0.4, -0.2) is 88.7 Å². The number of rotatable bonds is 35. The Morgan fingerprint density at radius 2 is 1.37 bits per heavy atom. The lowest BCUT2D eigenvalue weighted by atomic mass is 9.87. The predicted molar refractivity (Wildman–Crippen MR) is 231 cm³/mol. The molecule has 1 saturated carbocycles. The van der Waals surface area contributed by atoms with Gasteiger partial charge in [0.2, 0.25) is 0 Å². The molecule has 1 fully saturated rings. The van der Waals surface area contributed by atoms with E-state index in [1.54, 1.807) is 12.2 Å². The Hall–Kier alpha value is -3.00. The van der Waals surface area contributed by atoms with Crippen molar-refractivity contribution in [3.63, 3.8) is 0 Å². The van der Waals surface area contributed by atoms with Gasteiger partial charge in [0.1, 0.15) is 12.4 Å². The van der Waals surface area contributed by atoms with Crippen LogP contribution in [0.15, 0.2) is 72.9 Å². The lowest BCUT2D eigenvalue weighted by Crippen LogP contribution is -2.29. The van der Waals surface area contributed by atoms with Gasteiger partial charge in [-0.1, -0.05) is 106 Å². The molecule has 0 aliphatic heterocycles. The number of phosphoric ester groups is 1. The molecule has 336 valence electrons. The zero-order valence-electron chi connectivity index (χ0n) is 35.5. The SMILES string of the molecule is CC/C=C\C/C=C\C/C=C\C/C=C\C/C=C\CCCC(=O)O[C@H](COC(=O)CCCCC(=O)C[C@@H]1[C@@H](/C=C/[C@@H](O)CCCCC)[C@H](O)C[C@@H]1O)COP(=O)(O)OCCN. The summed E-state index contributed by atoms with van der Waals surface area (Å²) in [7, 11) is -4.49. The molecule has 7 atom stereocenters. The maximum atomic E-state index is 12.8.